The van der Waals surface area contributed by atoms with Crippen molar-refractivity contribution >= 4 is 28.6 Å². The second-order valence-corrected chi connectivity index (χ2v) is 6.19. The minimum atomic E-state index is -0.167. The number of ether oxygens (including phenoxy) is 1. The molecule has 0 bridgehead atoms. The van der Waals surface area contributed by atoms with Crippen LogP contribution in [0.1, 0.15) is 56.9 Å². The fraction of sp³-hybridized carbons (Fsp3) is 0.588. The topological polar surface area (TPSA) is 26.3 Å². The highest BCUT2D eigenvalue weighted by molar-refractivity contribution is 14.1. The van der Waals surface area contributed by atoms with Gasteiger partial charge in [0.15, 0.2) is 0 Å². The predicted octanol–water partition coefficient (Wildman–Crippen LogP) is 5.11. The highest BCUT2D eigenvalue weighted by Crippen LogP contribution is 2.16. The maximum Gasteiger partial charge on any atom is 0.313 e. The number of hydrogen-bond acceptors (Lipinski definition) is 2. The molecule has 0 N–H and O–H groups in total. The minimum absolute atomic E-state index is 0.110. The van der Waals surface area contributed by atoms with Gasteiger partial charge in [-0.25, -0.2) is 0 Å². The van der Waals surface area contributed by atoms with Gasteiger partial charge in [-0.2, -0.15) is 0 Å². The normalized spacial score (nSPS) is 12.1. The zero-order chi connectivity index (χ0) is 14.6. The smallest absolute Gasteiger partial charge is 0.313 e. The van der Waals surface area contributed by atoms with Crippen molar-refractivity contribution in [3.63, 3.8) is 0 Å². The van der Waals surface area contributed by atoms with E-state index in [0.29, 0.717) is 6.61 Å². The molecule has 112 valence electrons. The molecular formula is C17H25IO2. The third kappa shape index (κ3) is 7.27. The molecule has 0 fully saturated rings. The van der Waals surface area contributed by atoms with E-state index in [4.69, 9.17) is 4.74 Å². The summed E-state index contributed by atoms with van der Waals surface area (Å²) in [6, 6.07) is 9.81. The number of benzene rings is 1. The molecule has 1 atom stereocenters. The fourth-order valence-corrected chi connectivity index (χ4v) is 2.62. The largest absolute Gasteiger partial charge is 0.465 e. The van der Waals surface area contributed by atoms with Crippen molar-refractivity contribution in [1.29, 1.82) is 0 Å². The fourth-order valence-electron chi connectivity index (χ4n) is 2.08. The summed E-state index contributed by atoms with van der Waals surface area (Å²) >= 11 is 2.42. The van der Waals surface area contributed by atoms with Crippen LogP contribution in [0.3, 0.4) is 0 Å². The first-order chi connectivity index (χ1) is 9.75. The molecule has 0 radical (unpaired) electrons. The second kappa shape index (κ2) is 11.1. The number of halogens is 1. The number of rotatable bonds is 10. The van der Waals surface area contributed by atoms with E-state index in [1.165, 1.54) is 30.1 Å². The van der Waals surface area contributed by atoms with Crippen molar-refractivity contribution in [1.82, 2.24) is 0 Å². The number of carbonyl (C=O) groups excluding carboxylic acids is 1. The SMILES string of the molecule is C[C@@H](C(=O)OCCCCCCCCI)c1ccccc1. The Balaban J connectivity index is 2.08. The molecule has 0 aliphatic rings. The van der Waals surface area contributed by atoms with Gasteiger partial charge in [0.2, 0.25) is 0 Å². The third-order valence-corrected chi connectivity index (χ3v) is 4.19. The van der Waals surface area contributed by atoms with E-state index in [9.17, 15) is 4.79 Å². The minimum Gasteiger partial charge on any atom is -0.465 e. The summed E-state index contributed by atoms with van der Waals surface area (Å²) in [5.74, 6) is -0.277. The van der Waals surface area contributed by atoms with Crippen LogP contribution in [0.25, 0.3) is 0 Å². The first-order valence-electron chi connectivity index (χ1n) is 7.53. The van der Waals surface area contributed by atoms with Gasteiger partial charge in [0.25, 0.3) is 0 Å². The van der Waals surface area contributed by atoms with Crippen LogP contribution in [0.4, 0.5) is 0 Å². The van der Waals surface area contributed by atoms with Crippen LogP contribution in [0.2, 0.25) is 0 Å². The number of carbonyl (C=O) groups is 1. The van der Waals surface area contributed by atoms with Crippen molar-refractivity contribution in [3.05, 3.63) is 35.9 Å². The lowest BCUT2D eigenvalue weighted by molar-refractivity contribution is -0.145. The molecule has 0 saturated carbocycles. The van der Waals surface area contributed by atoms with Gasteiger partial charge in [-0.15, -0.1) is 0 Å². The van der Waals surface area contributed by atoms with Gasteiger partial charge in [0.1, 0.15) is 0 Å². The van der Waals surface area contributed by atoms with E-state index in [2.05, 4.69) is 22.6 Å². The zero-order valence-corrected chi connectivity index (χ0v) is 14.5. The Morgan fingerprint density at radius 3 is 2.30 bits per heavy atom. The highest BCUT2D eigenvalue weighted by atomic mass is 127. The molecule has 0 saturated heterocycles. The molecule has 1 rings (SSSR count). The summed E-state index contributed by atoms with van der Waals surface area (Å²) in [6.07, 6.45) is 7.35. The molecule has 20 heavy (non-hydrogen) atoms. The number of alkyl halides is 1. The lowest BCUT2D eigenvalue weighted by atomic mass is 10.0. The van der Waals surface area contributed by atoms with Gasteiger partial charge < -0.3 is 4.74 Å². The van der Waals surface area contributed by atoms with Gasteiger partial charge in [-0.3, -0.25) is 4.79 Å². The van der Waals surface area contributed by atoms with Crippen LogP contribution in [-0.4, -0.2) is 17.0 Å². The van der Waals surface area contributed by atoms with Gasteiger partial charge in [0.05, 0.1) is 12.5 Å². The van der Waals surface area contributed by atoms with E-state index >= 15 is 0 Å². The quantitative estimate of drug-likeness (QED) is 0.241. The van der Waals surface area contributed by atoms with Gasteiger partial charge in [-0.05, 0) is 29.8 Å². The molecule has 0 aliphatic carbocycles. The number of esters is 1. The summed E-state index contributed by atoms with van der Waals surface area (Å²) in [5.41, 5.74) is 1.02. The summed E-state index contributed by atoms with van der Waals surface area (Å²) in [5, 5.41) is 0. The lowest BCUT2D eigenvalue weighted by Crippen LogP contribution is -2.13. The molecule has 0 spiro atoms. The molecule has 0 aromatic heterocycles. The maximum absolute atomic E-state index is 11.9. The Morgan fingerprint density at radius 1 is 1.05 bits per heavy atom. The highest BCUT2D eigenvalue weighted by Gasteiger charge is 2.15. The number of unbranched alkanes of at least 4 members (excludes halogenated alkanes) is 5. The summed E-state index contributed by atoms with van der Waals surface area (Å²) in [7, 11) is 0. The zero-order valence-electron chi connectivity index (χ0n) is 12.3. The van der Waals surface area contributed by atoms with Crippen LogP contribution in [-0.2, 0) is 9.53 Å². The van der Waals surface area contributed by atoms with Crippen LogP contribution in [0.15, 0.2) is 30.3 Å². The van der Waals surface area contributed by atoms with Gasteiger partial charge in [0, 0.05) is 0 Å². The Kier molecular flexibility index (Phi) is 9.71. The van der Waals surface area contributed by atoms with Crippen LogP contribution in [0, 0.1) is 0 Å². The lowest BCUT2D eigenvalue weighted by Gasteiger charge is -2.11. The van der Waals surface area contributed by atoms with Crippen molar-refractivity contribution < 1.29 is 9.53 Å². The van der Waals surface area contributed by atoms with E-state index in [-0.39, 0.29) is 11.9 Å². The van der Waals surface area contributed by atoms with E-state index < -0.39 is 0 Å². The molecule has 1 aromatic carbocycles. The van der Waals surface area contributed by atoms with Crippen LogP contribution in [0.5, 0.6) is 0 Å². The molecule has 2 nitrogen and oxygen atoms in total. The number of hydrogen-bond donors (Lipinski definition) is 0. The van der Waals surface area contributed by atoms with E-state index in [1.54, 1.807) is 0 Å². The van der Waals surface area contributed by atoms with E-state index in [1.807, 2.05) is 37.3 Å². The molecule has 0 heterocycles. The second-order valence-electron chi connectivity index (χ2n) is 5.11. The Hall–Kier alpha value is -0.580. The van der Waals surface area contributed by atoms with E-state index in [0.717, 1.165) is 18.4 Å². The van der Waals surface area contributed by atoms with Crippen molar-refractivity contribution in [3.8, 4) is 0 Å². The molecule has 3 heteroatoms. The van der Waals surface area contributed by atoms with Crippen LogP contribution < -0.4 is 0 Å². The van der Waals surface area contributed by atoms with Gasteiger partial charge in [-0.1, -0.05) is 78.6 Å². The third-order valence-electron chi connectivity index (χ3n) is 3.43. The van der Waals surface area contributed by atoms with Gasteiger partial charge >= 0.3 is 5.97 Å². The average Bonchev–Trinajstić information content (AvgIpc) is 2.50. The molecule has 0 amide bonds. The summed E-state index contributed by atoms with van der Waals surface area (Å²) in [4.78, 5) is 11.9. The Morgan fingerprint density at radius 2 is 1.65 bits per heavy atom. The summed E-state index contributed by atoms with van der Waals surface area (Å²) in [6.45, 7) is 2.46. The molecular weight excluding hydrogens is 363 g/mol. The van der Waals surface area contributed by atoms with Crippen LogP contribution >= 0.6 is 22.6 Å². The monoisotopic (exact) mass is 388 g/mol. The maximum atomic E-state index is 11.9. The van der Waals surface area contributed by atoms with Crippen molar-refractivity contribution in [2.45, 2.75) is 51.4 Å². The van der Waals surface area contributed by atoms with Crippen molar-refractivity contribution in [2.75, 3.05) is 11.0 Å². The molecule has 1 aromatic rings. The Labute approximate surface area is 136 Å². The standard InChI is InChI=1S/C17H25IO2/c1-15(16-11-7-6-8-12-16)17(19)20-14-10-5-3-2-4-9-13-18/h6-8,11-12,15H,2-5,9-10,13-14H2,1H3/t15-/m1/s1. The summed E-state index contributed by atoms with van der Waals surface area (Å²) < 4.78 is 6.60. The predicted molar refractivity (Wildman–Crippen MR) is 92.4 cm³/mol. The average molecular weight is 388 g/mol. The van der Waals surface area contributed by atoms with Crippen molar-refractivity contribution in [2.24, 2.45) is 0 Å². The molecule has 0 aliphatic heterocycles. The Bertz CT molecular complexity index is 365. The first-order valence-corrected chi connectivity index (χ1v) is 9.06. The molecule has 0 unspecified atom stereocenters. The first kappa shape index (κ1) is 17.5.